The molecule has 5 nitrogen and oxygen atoms in total. The third-order valence-electron chi connectivity index (χ3n) is 2.16. The van der Waals surface area contributed by atoms with Gasteiger partial charge in [-0.25, -0.2) is 9.97 Å². The fraction of sp³-hybridized carbons (Fsp3) is 0.300. The molecule has 2 aromatic rings. The zero-order chi connectivity index (χ0) is 10.8. The minimum Gasteiger partial charge on any atom is -0.357 e. The Bertz CT molecular complexity index is 474. The number of aryl methyl sites for hydroxylation is 2. The highest BCUT2D eigenvalue weighted by Crippen LogP contribution is 2.17. The first kappa shape index (κ1) is 9.64. The number of aromatic nitrogens is 4. The third-order valence-corrected chi connectivity index (χ3v) is 2.16. The Morgan fingerprint density at radius 1 is 1.33 bits per heavy atom. The van der Waals surface area contributed by atoms with E-state index >= 15 is 0 Å². The second kappa shape index (κ2) is 3.68. The number of rotatable bonds is 2. The summed E-state index contributed by atoms with van der Waals surface area (Å²) in [6.45, 7) is 1.95. The average Bonchev–Trinajstić information content (AvgIpc) is 2.63. The molecule has 0 fully saturated rings. The zero-order valence-corrected chi connectivity index (χ0v) is 9.02. The van der Waals surface area contributed by atoms with Gasteiger partial charge in [0, 0.05) is 26.0 Å². The molecular weight excluding hydrogens is 190 g/mol. The van der Waals surface area contributed by atoms with E-state index in [0.29, 0.717) is 5.95 Å². The maximum Gasteiger partial charge on any atom is 0.223 e. The molecule has 0 spiro atoms. The fourth-order valence-corrected chi connectivity index (χ4v) is 1.44. The van der Waals surface area contributed by atoms with E-state index in [1.807, 2.05) is 33.2 Å². The minimum atomic E-state index is 0.631. The van der Waals surface area contributed by atoms with E-state index in [9.17, 15) is 0 Å². The van der Waals surface area contributed by atoms with Crippen molar-refractivity contribution >= 4 is 5.95 Å². The van der Waals surface area contributed by atoms with Gasteiger partial charge in [0.2, 0.25) is 5.95 Å². The molecule has 5 heteroatoms. The molecule has 0 aliphatic rings. The molecule has 78 valence electrons. The molecule has 0 bridgehead atoms. The molecular formula is C10H13N5. The van der Waals surface area contributed by atoms with Crippen molar-refractivity contribution in [2.75, 3.05) is 12.4 Å². The number of anilines is 1. The highest BCUT2D eigenvalue weighted by atomic mass is 15.3. The molecule has 0 unspecified atom stereocenters. The quantitative estimate of drug-likeness (QED) is 0.797. The number of nitrogens with zero attached hydrogens (tertiary/aromatic N) is 4. The monoisotopic (exact) mass is 203 g/mol. The van der Waals surface area contributed by atoms with Crippen LogP contribution in [0.25, 0.3) is 11.4 Å². The Labute approximate surface area is 88.2 Å². The van der Waals surface area contributed by atoms with E-state index in [-0.39, 0.29) is 0 Å². The van der Waals surface area contributed by atoms with Crippen molar-refractivity contribution in [2.24, 2.45) is 7.05 Å². The highest BCUT2D eigenvalue weighted by molar-refractivity contribution is 5.56. The fourth-order valence-electron chi connectivity index (χ4n) is 1.44. The molecule has 2 aromatic heterocycles. The van der Waals surface area contributed by atoms with Gasteiger partial charge in [-0.2, -0.15) is 5.10 Å². The second-order valence-corrected chi connectivity index (χ2v) is 3.31. The molecule has 0 amide bonds. The Balaban J connectivity index is 2.53. The first-order valence-corrected chi connectivity index (χ1v) is 4.72. The predicted octanol–water partition coefficient (Wildman–Crippen LogP) is 1.23. The smallest absolute Gasteiger partial charge is 0.223 e. The highest BCUT2D eigenvalue weighted by Gasteiger charge is 2.06. The predicted molar refractivity (Wildman–Crippen MR) is 58.5 cm³/mol. The van der Waals surface area contributed by atoms with E-state index in [2.05, 4.69) is 20.4 Å². The van der Waals surface area contributed by atoms with Gasteiger partial charge in [0.15, 0.2) is 0 Å². The van der Waals surface area contributed by atoms with E-state index < -0.39 is 0 Å². The number of nitrogens with one attached hydrogen (secondary N) is 1. The van der Waals surface area contributed by atoms with Crippen LogP contribution in [0.2, 0.25) is 0 Å². The van der Waals surface area contributed by atoms with Gasteiger partial charge in [-0.1, -0.05) is 0 Å². The van der Waals surface area contributed by atoms with Gasteiger partial charge in [0.25, 0.3) is 0 Å². The lowest BCUT2D eigenvalue weighted by Gasteiger charge is -2.05. The van der Waals surface area contributed by atoms with Crippen molar-refractivity contribution in [3.05, 3.63) is 24.0 Å². The SMILES string of the molecule is CNc1nc(C)cc(-c2ccnn2C)n1. The van der Waals surface area contributed by atoms with Crippen LogP contribution in [0.15, 0.2) is 18.3 Å². The topological polar surface area (TPSA) is 55.6 Å². The van der Waals surface area contributed by atoms with Crippen molar-refractivity contribution < 1.29 is 0 Å². The zero-order valence-electron chi connectivity index (χ0n) is 9.02. The van der Waals surface area contributed by atoms with E-state index in [1.54, 1.807) is 10.9 Å². The first-order valence-electron chi connectivity index (χ1n) is 4.72. The largest absolute Gasteiger partial charge is 0.357 e. The lowest BCUT2D eigenvalue weighted by atomic mass is 10.2. The van der Waals surface area contributed by atoms with Gasteiger partial charge < -0.3 is 5.32 Å². The minimum absolute atomic E-state index is 0.631. The maximum atomic E-state index is 4.37. The second-order valence-electron chi connectivity index (χ2n) is 3.31. The van der Waals surface area contributed by atoms with Gasteiger partial charge in [-0.15, -0.1) is 0 Å². The van der Waals surface area contributed by atoms with Gasteiger partial charge in [0.05, 0.1) is 11.4 Å². The molecule has 2 rings (SSSR count). The van der Waals surface area contributed by atoms with Gasteiger partial charge in [-0.05, 0) is 19.1 Å². The molecule has 0 saturated carbocycles. The summed E-state index contributed by atoms with van der Waals surface area (Å²) in [5.74, 6) is 0.631. The van der Waals surface area contributed by atoms with Gasteiger partial charge in [0.1, 0.15) is 0 Å². The lowest BCUT2D eigenvalue weighted by Crippen LogP contribution is -2.01. The molecule has 0 atom stereocenters. The summed E-state index contributed by atoms with van der Waals surface area (Å²) >= 11 is 0. The Morgan fingerprint density at radius 2 is 2.13 bits per heavy atom. The van der Waals surface area contributed by atoms with E-state index in [4.69, 9.17) is 0 Å². The molecule has 2 heterocycles. The Morgan fingerprint density at radius 3 is 2.73 bits per heavy atom. The molecule has 0 aliphatic heterocycles. The standard InChI is InChI=1S/C10H13N5/c1-7-6-8(14-10(11-2)13-7)9-4-5-12-15(9)3/h4-6H,1-3H3,(H,11,13,14). The molecule has 0 aromatic carbocycles. The van der Waals surface area contributed by atoms with Crippen molar-refractivity contribution in [1.29, 1.82) is 0 Å². The normalized spacial score (nSPS) is 10.3. The van der Waals surface area contributed by atoms with Crippen LogP contribution in [0.5, 0.6) is 0 Å². The van der Waals surface area contributed by atoms with Crippen LogP contribution in [-0.4, -0.2) is 26.8 Å². The van der Waals surface area contributed by atoms with Crippen LogP contribution >= 0.6 is 0 Å². The van der Waals surface area contributed by atoms with Crippen LogP contribution in [0.1, 0.15) is 5.69 Å². The maximum absolute atomic E-state index is 4.37. The van der Waals surface area contributed by atoms with Crippen LogP contribution in [0.3, 0.4) is 0 Å². The molecule has 0 radical (unpaired) electrons. The first-order chi connectivity index (χ1) is 7.20. The Hall–Kier alpha value is -1.91. The summed E-state index contributed by atoms with van der Waals surface area (Å²) in [4.78, 5) is 8.61. The van der Waals surface area contributed by atoms with Crippen LogP contribution < -0.4 is 5.32 Å². The summed E-state index contributed by atoms with van der Waals surface area (Å²) in [7, 11) is 3.70. The summed E-state index contributed by atoms with van der Waals surface area (Å²) in [5, 5.41) is 7.05. The Kier molecular flexibility index (Phi) is 2.37. The molecule has 1 N–H and O–H groups in total. The molecule has 15 heavy (non-hydrogen) atoms. The number of hydrogen-bond donors (Lipinski definition) is 1. The van der Waals surface area contributed by atoms with Gasteiger partial charge >= 0.3 is 0 Å². The third kappa shape index (κ3) is 1.81. The van der Waals surface area contributed by atoms with Crippen molar-refractivity contribution in [2.45, 2.75) is 6.92 Å². The van der Waals surface area contributed by atoms with Crippen LogP contribution in [0, 0.1) is 6.92 Å². The van der Waals surface area contributed by atoms with E-state index in [0.717, 1.165) is 17.1 Å². The lowest BCUT2D eigenvalue weighted by molar-refractivity contribution is 0.773. The summed E-state index contributed by atoms with van der Waals surface area (Å²) in [5.41, 5.74) is 2.80. The van der Waals surface area contributed by atoms with Gasteiger partial charge in [-0.3, -0.25) is 4.68 Å². The number of hydrogen-bond acceptors (Lipinski definition) is 4. The van der Waals surface area contributed by atoms with E-state index in [1.165, 1.54) is 0 Å². The van der Waals surface area contributed by atoms with Crippen molar-refractivity contribution in [3.63, 3.8) is 0 Å². The summed E-state index contributed by atoms with van der Waals surface area (Å²) in [6.07, 6.45) is 1.76. The summed E-state index contributed by atoms with van der Waals surface area (Å²) < 4.78 is 1.79. The summed E-state index contributed by atoms with van der Waals surface area (Å²) in [6, 6.07) is 3.87. The average molecular weight is 203 g/mol. The van der Waals surface area contributed by atoms with Crippen LogP contribution in [0.4, 0.5) is 5.95 Å². The molecule has 0 saturated heterocycles. The van der Waals surface area contributed by atoms with Crippen LogP contribution in [-0.2, 0) is 7.05 Å². The van der Waals surface area contributed by atoms with Crippen molar-refractivity contribution in [1.82, 2.24) is 19.7 Å². The molecule has 0 aliphatic carbocycles. The van der Waals surface area contributed by atoms with Crippen molar-refractivity contribution in [3.8, 4) is 11.4 Å².